The zero-order valence-electron chi connectivity index (χ0n) is 7.77. The smallest absolute Gasteiger partial charge is 0.137 e. The first-order chi connectivity index (χ1) is 6.24. The van der Waals surface area contributed by atoms with Crippen LogP contribution in [0.4, 0.5) is 0 Å². The molecular weight excluding hydrogens is 207 g/mol. The molecule has 76 valence electrons. The van der Waals surface area contributed by atoms with E-state index in [4.69, 9.17) is 23.2 Å². The fraction of sp³-hybridized carbons (Fsp3) is 0.900. The number of hydrogen-bond acceptors (Lipinski definition) is 1. The van der Waals surface area contributed by atoms with E-state index >= 15 is 0 Å². The lowest BCUT2D eigenvalue weighted by Crippen LogP contribution is -2.21. The minimum atomic E-state index is -0.170. The Bertz CT molecular complexity index is 164. The summed E-state index contributed by atoms with van der Waals surface area (Å²) in [6.07, 6.45) is 6.25. The molecule has 0 N–H and O–H groups in total. The fourth-order valence-electron chi connectivity index (χ4n) is 1.86. The van der Waals surface area contributed by atoms with Gasteiger partial charge < -0.3 is 0 Å². The molecule has 0 aliphatic heterocycles. The molecule has 1 atom stereocenters. The van der Waals surface area contributed by atoms with Crippen LogP contribution >= 0.6 is 23.2 Å². The van der Waals surface area contributed by atoms with Crippen LogP contribution in [0.5, 0.6) is 0 Å². The molecule has 0 radical (unpaired) electrons. The highest BCUT2D eigenvalue weighted by atomic mass is 35.5. The van der Waals surface area contributed by atoms with Crippen LogP contribution in [-0.4, -0.2) is 17.0 Å². The SMILES string of the molecule is O=C(CC(Cl)CCl)C1CCCCC1. The van der Waals surface area contributed by atoms with Crippen molar-refractivity contribution in [2.24, 2.45) is 5.92 Å². The molecule has 0 spiro atoms. The Morgan fingerprint density at radius 1 is 1.31 bits per heavy atom. The van der Waals surface area contributed by atoms with Gasteiger partial charge in [-0.05, 0) is 12.8 Å². The van der Waals surface area contributed by atoms with Gasteiger partial charge in [0.15, 0.2) is 0 Å². The van der Waals surface area contributed by atoms with Crippen molar-refractivity contribution >= 4 is 29.0 Å². The lowest BCUT2D eigenvalue weighted by Gasteiger charge is -2.20. The van der Waals surface area contributed by atoms with E-state index in [2.05, 4.69) is 0 Å². The minimum absolute atomic E-state index is 0.170. The van der Waals surface area contributed by atoms with Gasteiger partial charge in [-0.25, -0.2) is 0 Å². The van der Waals surface area contributed by atoms with Gasteiger partial charge in [-0.15, -0.1) is 23.2 Å². The Labute approximate surface area is 89.8 Å². The maximum Gasteiger partial charge on any atom is 0.137 e. The molecule has 13 heavy (non-hydrogen) atoms. The van der Waals surface area contributed by atoms with Crippen molar-refractivity contribution in [2.45, 2.75) is 43.9 Å². The van der Waals surface area contributed by atoms with Crippen LogP contribution < -0.4 is 0 Å². The largest absolute Gasteiger partial charge is 0.299 e. The van der Waals surface area contributed by atoms with Crippen molar-refractivity contribution < 1.29 is 4.79 Å². The number of hydrogen-bond donors (Lipinski definition) is 0. The third-order valence-electron chi connectivity index (χ3n) is 2.65. The van der Waals surface area contributed by atoms with E-state index < -0.39 is 0 Å². The number of ketones is 1. The number of alkyl halides is 2. The molecule has 1 unspecified atom stereocenters. The van der Waals surface area contributed by atoms with Crippen molar-refractivity contribution in [1.82, 2.24) is 0 Å². The summed E-state index contributed by atoms with van der Waals surface area (Å²) < 4.78 is 0. The maximum atomic E-state index is 11.6. The summed E-state index contributed by atoms with van der Waals surface area (Å²) in [5.74, 6) is 0.971. The summed E-state index contributed by atoms with van der Waals surface area (Å²) in [4.78, 5) is 11.6. The Morgan fingerprint density at radius 3 is 2.46 bits per heavy atom. The van der Waals surface area contributed by atoms with E-state index in [1.807, 2.05) is 0 Å². The van der Waals surface area contributed by atoms with Crippen LogP contribution in [0.2, 0.25) is 0 Å². The van der Waals surface area contributed by atoms with E-state index in [-0.39, 0.29) is 11.3 Å². The van der Waals surface area contributed by atoms with Gasteiger partial charge in [-0.1, -0.05) is 19.3 Å². The monoisotopic (exact) mass is 222 g/mol. The second-order valence-corrected chi connectivity index (χ2v) is 4.68. The highest BCUT2D eigenvalue weighted by Gasteiger charge is 2.22. The Kier molecular flexibility index (Phi) is 5.12. The second-order valence-electron chi connectivity index (χ2n) is 3.76. The van der Waals surface area contributed by atoms with E-state index in [1.54, 1.807) is 0 Å². The van der Waals surface area contributed by atoms with Gasteiger partial charge in [-0.3, -0.25) is 4.79 Å². The van der Waals surface area contributed by atoms with Crippen LogP contribution in [0.3, 0.4) is 0 Å². The molecule has 0 amide bonds. The Hall–Kier alpha value is 0.250. The Balaban J connectivity index is 2.29. The number of halogens is 2. The maximum absolute atomic E-state index is 11.6. The molecule has 1 saturated carbocycles. The zero-order valence-corrected chi connectivity index (χ0v) is 9.28. The van der Waals surface area contributed by atoms with Gasteiger partial charge in [0, 0.05) is 18.2 Å². The average molecular weight is 223 g/mol. The molecule has 0 aromatic rings. The van der Waals surface area contributed by atoms with Gasteiger partial charge in [0.05, 0.1) is 5.38 Å². The van der Waals surface area contributed by atoms with E-state index in [9.17, 15) is 4.79 Å². The third-order valence-corrected chi connectivity index (χ3v) is 3.49. The summed E-state index contributed by atoms with van der Waals surface area (Å²) in [7, 11) is 0. The summed E-state index contributed by atoms with van der Waals surface area (Å²) in [5, 5.41) is -0.170. The van der Waals surface area contributed by atoms with Crippen molar-refractivity contribution in [3.8, 4) is 0 Å². The number of carbonyl (C=O) groups is 1. The van der Waals surface area contributed by atoms with Crippen molar-refractivity contribution in [3.05, 3.63) is 0 Å². The normalized spacial score (nSPS) is 21.4. The molecule has 1 aliphatic rings. The predicted octanol–water partition coefficient (Wildman–Crippen LogP) is 3.37. The minimum Gasteiger partial charge on any atom is -0.299 e. The predicted molar refractivity (Wildman–Crippen MR) is 56.6 cm³/mol. The molecule has 0 saturated heterocycles. The molecule has 0 heterocycles. The van der Waals surface area contributed by atoms with Gasteiger partial charge in [-0.2, -0.15) is 0 Å². The van der Waals surface area contributed by atoms with Crippen LogP contribution in [0, 0.1) is 5.92 Å². The van der Waals surface area contributed by atoms with Crippen molar-refractivity contribution in [2.75, 3.05) is 5.88 Å². The van der Waals surface area contributed by atoms with E-state index in [1.165, 1.54) is 19.3 Å². The first-order valence-electron chi connectivity index (χ1n) is 4.96. The summed E-state index contributed by atoms with van der Waals surface area (Å²) in [6.45, 7) is 0. The van der Waals surface area contributed by atoms with Crippen molar-refractivity contribution in [3.63, 3.8) is 0 Å². The fourth-order valence-corrected chi connectivity index (χ4v) is 2.13. The van der Waals surface area contributed by atoms with Gasteiger partial charge in [0.1, 0.15) is 5.78 Å². The molecule has 1 fully saturated rings. The molecule has 1 rings (SSSR count). The second kappa shape index (κ2) is 5.87. The van der Waals surface area contributed by atoms with Gasteiger partial charge in [0.2, 0.25) is 0 Å². The topological polar surface area (TPSA) is 17.1 Å². The summed E-state index contributed by atoms with van der Waals surface area (Å²) in [6, 6.07) is 0. The van der Waals surface area contributed by atoms with Crippen LogP contribution in [0.25, 0.3) is 0 Å². The van der Waals surface area contributed by atoms with Crippen LogP contribution in [-0.2, 0) is 4.79 Å². The standard InChI is InChI=1S/C10H16Cl2O/c11-7-9(12)6-10(13)8-4-2-1-3-5-8/h8-9H,1-7H2. The van der Waals surface area contributed by atoms with Crippen LogP contribution in [0.1, 0.15) is 38.5 Å². The van der Waals surface area contributed by atoms with Crippen LogP contribution in [0.15, 0.2) is 0 Å². The molecule has 1 aliphatic carbocycles. The third kappa shape index (κ3) is 3.86. The lowest BCUT2D eigenvalue weighted by atomic mass is 9.85. The Morgan fingerprint density at radius 2 is 1.92 bits per heavy atom. The molecule has 0 aromatic heterocycles. The molecule has 0 aromatic carbocycles. The van der Waals surface area contributed by atoms with Crippen molar-refractivity contribution in [1.29, 1.82) is 0 Å². The van der Waals surface area contributed by atoms with Gasteiger partial charge >= 0.3 is 0 Å². The van der Waals surface area contributed by atoms with E-state index in [0.29, 0.717) is 18.1 Å². The molecule has 1 nitrogen and oxygen atoms in total. The first-order valence-corrected chi connectivity index (χ1v) is 5.94. The molecular formula is C10H16Cl2O. The zero-order chi connectivity index (χ0) is 9.68. The highest BCUT2D eigenvalue weighted by Crippen LogP contribution is 2.26. The number of Topliss-reactive ketones (excluding diaryl/α,β-unsaturated/α-hetero) is 1. The number of rotatable bonds is 4. The summed E-state index contributed by atoms with van der Waals surface area (Å²) >= 11 is 11.4. The lowest BCUT2D eigenvalue weighted by molar-refractivity contribution is -0.123. The molecule has 3 heteroatoms. The molecule has 0 bridgehead atoms. The first kappa shape index (κ1) is 11.3. The van der Waals surface area contributed by atoms with E-state index in [0.717, 1.165) is 12.8 Å². The quantitative estimate of drug-likeness (QED) is 0.668. The average Bonchev–Trinajstić information content (AvgIpc) is 2.19. The summed E-state index contributed by atoms with van der Waals surface area (Å²) in [5.41, 5.74) is 0. The highest BCUT2D eigenvalue weighted by molar-refractivity contribution is 6.28. The van der Waals surface area contributed by atoms with Gasteiger partial charge in [0.25, 0.3) is 0 Å². The number of carbonyl (C=O) groups excluding carboxylic acids is 1.